The number of hydrogen-bond donors (Lipinski definition) is 1. The minimum atomic E-state index is -0.160. The maximum absolute atomic E-state index is 8.92. The van der Waals surface area contributed by atoms with E-state index in [0.29, 0.717) is 0 Å². The van der Waals surface area contributed by atoms with E-state index in [9.17, 15) is 0 Å². The third kappa shape index (κ3) is 1.65. The molecular weight excluding hydrogens is 150 g/mol. The second-order valence-electron chi connectivity index (χ2n) is 3.90. The van der Waals surface area contributed by atoms with Crippen molar-refractivity contribution in [2.24, 2.45) is 5.41 Å². The van der Waals surface area contributed by atoms with Crippen LogP contribution in [-0.2, 0) is 0 Å². The minimum absolute atomic E-state index is 0.0629. The van der Waals surface area contributed by atoms with Crippen LogP contribution in [0.3, 0.4) is 0 Å². The van der Waals surface area contributed by atoms with Gasteiger partial charge in [0, 0.05) is 12.4 Å². The van der Waals surface area contributed by atoms with E-state index in [2.05, 4.69) is 16.0 Å². The number of hydrogen-bond acceptors (Lipinski definition) is 2. The van der Waals surface area contributed by atoms with Crippen LogP contribution >= 0.6 is 0 Å². The zero-order valence-electron chi connectivity index (χ0n) is 7.63. The van der Waals surface area contributed by atoms with Gasteiger partial charge >= 0.3 is 0 Å². The van der Waals surface area contributed by atoms with Gasteiger partial charge in [0.2, 0.25) is 0 Å². The number of aromatic amines is 1. The summed E-state index contributed by atoms with van der Waals surface area (Å²) >= 11 is 0. The van der Waals surface area contributed by atoms with Crippen molar-refractivity contribution < 1.29 is 0 Å². The van der Waals surface area contributed by atoms with E-state index in [4.69, 9.17) is 5.26 Å². The third-order valence-electron chi connectivity index (χ3n) is 1.79. The van der Waals surface area contributed by atoms with Crippen LogP contribution in [0.5, 0.6) is 0 Å². The Kier molecular flexibility index (Phi) is 2.18. The number of H-pyrrole nitrogens is 1. The zero-order chi connectivity index (χ0) is 9.19. The fourth-order valence-electron chi connectivity index (χ4n) is 1.10. The highest BCUT2D eigenvalue weighted by atomic mass is 14.9. The van der Waals surface area contributed by atoms with Crippen LogP contribution in [-0.4, -0.2) is 9.97 Å². The molecule has 1 atom stereocenters. The van der Waals surface area contributed by atoms with Gasteiger partial charge < -0.3 is 4.98 Å². The lowest BCUT2D eigenvalue weighted by Gasteiger charge is -2.22. The molecule has 0 saturated carbocycles. The fraction of sp³-hybridized carbons (Fsp3) is 0.556. The molecule has 1 aromatic heterocycles. The van der Waals surface area contributed by atoms with Crippen LogP contribution in [0, 0.1) is 16.7 Å². The molecule has 12 heavy (non-hydrogen) atoms. The second kappa shape index (κ2) is 2.98. The van der Waals surface area contributed by atoms with E-state index in [0.717, 1.165) is 5.82 Å². The number of imidazole rings is 1. The summed E-state index contributed by atoms with van der Waals surface area (Å²) in [5.41, 5.74) is -0.0629. The van der Waals surface area contributed by atoms with Crippen molar-refractivity contribution in [3.05, 3.63) is 18.2 Å². The Morgan fingerprint density at radius 3 is 2.58 bits per heavy atom. The lowest BCUT2D eigenvalue weighted by atomic mass is 9.81. The molecule has 0 aliphatic heterocycles. The first-order chi connectivity index (χ1) is 5.55. The molecule has 1 N–H and O–H groups in total. The van der Waals surface area contributed by atoms with Crippen LogP contribution in [0.2, 0.25) is 0 Å². The first-order valence-corrected chi connectivity index (χ1v) is 3.94. The summed E-state index contributed by atoms with van der Waals surface area (Å²) in [4.78, 5) is 7.04. The quantitative estimate of drug-likeness (QED) is 0.689. The summed E-state index contributed by atoms with van der Waals surface area (Å²) in [6.07, 6.45) is 3.41. The summed E-state index contributed by atoms with van der Waals surface area (Å²) in [7, 11) is 0. The number of nitriles is 1. The van der Waals surface area contributed by atoms with Crippen molar-refractivity contribution in [3.63, 3.8) is 0 Å². The van der Waals surface area contributed by atoms with Crippen LogP contribution in [0.4, 0.5) is 0 Å². The monoisotopic (exact) mass is 163 g/mol. The van der Waals surface area contributed by atoms with Gasteiger partial charge in [0.05, 0.1) is 6.07 Å². The topological polar surface area (TPSA) is 52.5 Å². The minimum Gasteiger partial charge on any atom is -0.347 e. The van der Waals surface area contributed by atoms with Gasteiger partial charge in [0.15, 0.2) is 0 Å². The van der Waals surface area contributed by atoms with Gasteiger partial charge in [-0.15, -0.1) is 0 Å². The van der Waals surface area contributed by atoms with Crippen molar-refractivity contribution >= 4 is 0 Å². The first kappa shape index (κ1) is 8.79. The summed E-state index contributed by atoms with van der Waals surface area (Å²) in [5.74, 6) is 0.595. The van der Waals surface area contributed by atoms with Gasteiger partial charge in [-0.3, -0.25) is 0 Å². The molecule has 1 heterocycles. The largest absolute Gasteiger partial charge is 0.347 e. The number of nitrogens with one attached hydrogen (secondary N) is 1. The van der Waals surface area contributed by atoms with Gasteiger partial charge in [-0.05, 0) is 5.41 Å². The third-order valence-corrected chi connectivity index (χ3v) is 1.79. The molecule has 0 saturated heterocycles. The number of rotatable bonds is 1. The summed E-state index contributed by atoms with van der Waals surface area (Å²) in [6, 6.07) is 2.25. The SMILES string of the molecule is CC(C)(C)C(C#N)c1ncc[nH]1. The van der Waals surface area contributed by atoms with Crippen LogP contribution in [0.1, 0.15) is 32.5 Å². The maximum Gasteiger partial charge on any atom is 0.123 e. The van der Waals surface area contributed by atoms with Crippen molar-refractivity contribution in [1.29, 1.82) is 5.26 Å². The Hall–Kier alpha value is -1.30. The Morgan fingerprint density at radius 2 is 2.25 bits per heavy atom. The normalized spacial score (nSPS) is 13.8. The zero-order valence-corrected chi connectivity index (χ0v) is 7.63. The molecule has 0 spiro atoms. The van der Waals surface area contributed by atoms with Crippen molar-refractivity contribution in [1.82, 2.24) is 9.97 Å². The lowest BCUT2D eigenvalue weighted by molar-refractivity contribution is 0.363. The predicted molar refractivity (Wildman–Crippen MR) is 46.4 cm³/mol. The van der Waals surface area contributed by atoms with E-state index in [1.54, 1.807) is 12.4 Å². The molecule has 0 aliphatic carbocycles. The van der Waals surface area contributed by atoms with E-state index >= 15 is 0 Å². The second-order valence-corrected chi connectivity index (χ2v) is 3.90. The Balaban J connectivity index is 2.94. The molecule has 3 nitrogen and oxygen atoms in total. The van der Waals surface area contributed by atoms with E-state index in [1.807, 2.05) is 20.8 Å². The van der Waals surface area contributed by atoms with Crippen molar-refractivity contribution in [2.75, 3.05) is 0 Å². The van der Waals surface area contributed by atoms with Crippen molar-refractivity contribution in [2.45, 2.75) is 26.7 Å². The van der Waals surface area contributed by atoms with E-state index in [-0.39, 0.29) is 11.3 Å². The molecule has 0 aliphatic rings. The highest BCUT2D eigenvalue weighted by molar-refractivity contribution is 5.12. The smallest absolute Gasteiger partial charge is 0.123 e. The number of nitrogens with zero attached hydrogens (tertiary/aromatic N) is 2. The molecule has 0 radical (unpaired) electrons. The highest BCUT2D eigenvalue weighted by Crippen LogP contribution is 2.31. The molecule has 0 bridgehead atoms. The Morgan fingerprint density at radius 1 is 1.58 bits per heavy atom. The van der Waals surface area contributed by atoms with Gasteiger partial charge in [0.1, 0.15) is 11.7 Å². The molecule has 0 amide bonds. The van der Waals surface area contributed by atoms with Crippen LogP contribution in [0.15, 0.2) is 12.4 Å². The summed E-state index contributed by atoms with van der Waals surface area (Å²) in [5, 5.41) is 8.92. The van der Waals surface area contributed by atoms with Gasteiger partial charge in [0.25, 0.3) is 0 Å². The molecule has 0 aromatic carbocycles. The standard InChI is InChI=1S/C9H13N3/c1-9(2,3)7(6-10)8-11-4-5-12-8/h4-5,7H,1-3H3,(H,11,12). The molecule has 64 valence electrons. The van der Waals surface area contributed by atoms with E-state index < -0.39 is 0 Å². The molecule has 3 heteroatoms. The Labute approximate surface area is 72.4 Å². The molecular formula is C9H13N3. The average Bonchev–Trinajstić information content (AvgIpc) is 2.38. The van der Waals surface area contributed by atoms with Crippen molar-refractivity contribution in [3.8, 4) is 6.07 Å². The predicted octanol–water partition coefficient (Wildman–Crippen LogP) is 2.06. The first-order valence-electron chi connectivity index (χ1n) is 3.94. The van der Waals surface area contributed by atoms with Crippen LogP contribution < -0.4 is 0 Å². The number of aromatic nitrogens is 2. The molecule has 0 fully saturated rings. The molecule has 1 rings (SSSR count). The van der Waals surface area contributed by atoms with Gasteiger partial charge in [-0.25, -0.2) is 4.98 Å². The van der Waals surface area contributed by atoms with E-state index in [1.165, 1.54) is 0 Å². The molecule has 1 unspecified atom stereocenters. The Bertz CT molecular complexity index is 274. The lowest BCUT2D eigenvalue weighted by Crippen LogP contribution is -2.17. The summed E-state index contributed by atoms with van der Waals surface area (Å²) < 4.78 is 0. The summed E-state index contributed by atoms with van der Waals surface area (Å²) in [6.45, 7) is 6.09. The van der Waals surface area contributed by atoms with Gasteiger partial charge in [-0.2, -0.15) is 5.26 Å². The van der Waals surface area contributed by atoms with Gasteiger partial charge in [-0.1, -0.05) is 20.8 Å². The fourth-order valence-corrected chi connectivity index (χ4v) is 1.10. The maximum atomic E-state index is 8.92. The van der Waals surface area contributed by atoms with Crippen LogP contribution in [0.25, 0.3) is 0 Å². The molecule has 1 aromatic rings. The average molecular weight is 163 g/mol. The highest BCUT2D eigenvalue weighted by Gasteiger charge is 2.27.